The first-order chi connectivity index (χ1) is 10.0. The molecule has 0 radical (unpaired) electrons. The average Bonchev–Trinajstić information content (AvgIpc) is 2.80. The molecule has 120 valence electrons. The first kappa shape index (κ1) is 16.6. The third-order valence-corrected chi connectivity index (χ3v) is 4.09. The summed E-state index contributed by atoms with van der Waals surface area (Å²) in [4.78, 5) is 11.8. The van der Waals surface area contributed by atoms with Crippen LogP contribution >= 0.6 is 0 Å². The van der Waals surface area contributed by atoms with Crippen molar-refractivity contribution in [2.75, 3.05) is 0 Å². The fourth-order valence-corrected chi connectivity index (χ4v) is 2.90. The minimum absolute atomic E-state index is 0.256. The zero-order valence-corrected chi connectivity index (χ0v) is 12.9. The average molecular weight is 312 g/mol. The number of carbonyl (C=O) groups is 1. The Bertz CT molecular complexity index is 615. The fraction of sp³-hybridized carbons (Fsp3) is 0.471. The van der Waals surface area contributed by atoms with Crippen molar-refractivity contribution in [2.24, 2.45) is 0 Å². The summed E-state index contributed by atoms with van der Waals surface area (Å²) in [7, 11) is 0. The summed E-state index contributed by atoms with van der Waals surface area (Å²) >= 11 is 0. The molecule has 2 rings (SSSR count). The molecule has 0 saturated heterocycles. The fourth-order valence-electron chi connectivity index (χ4n) is 2.90. The molecule has 0 bridgehead atoms. The molecule has 2 nitrogen and oxygen atoms in total. The van der Waals surface area contributed by atoms with E-state index in [0.29, 0.717) is 18.4 Å². The van der Waals surface area contributed by atoms with Gasteiger partial charge in [0, 0.05) is 11.5 Å². The number of hydrogen-bond donors (Lipinski definition) is 0. The van der Waals surface area contributed by atoms with Gasteiger partial charge < -0.3 is 4.74 Å². The van der Waals surface area contributed by atoms with Crippen LogP contribution in [0.5, 0.6) is 0 Å². The first-order valence-electron chi connectivity index (χ1n) is 7.11. The van der Waals surface area contributed by atoms with Gasteiger partial charge in [0.15, 0.2) is 0 Å². The lowest BCUT2D eigenvalue weighted by atomic mass is 9.85. The highest BCUT2D eigenvalue weighted by Gasteiger charge is 2.40. The predicted molar refractivity (Wildman–Crippen MR) is 77.5 cm³/mol. The van der Waals surface area contributed by atoms with Crippen molar-refractivity contribution in [1.29, 1.82) is 0 Å². The maximum absolute atomic E-state index is 12.9. The number of hydrogen-bond acceptors (Lipinski definition) is 2. The molecule has 0 spiro atoms. The van der Waals surface area contributed by atoms with Crippen molar-refractivity contribution in [1.82, 2.24) is 0 Å². The summed E-state index contributed by atoms with van der Waals surface area (Å²) in [6.45, 7) is 8.54. The van der Waals surface area contributed by atoms with Crippen LogP contribution in [0.25, 0.3) is 0 Å². The molecule has 0 fully saturated rings. The summed E-state index contributed by atoms with van der Waals surface area (Å²) in [5, 5.41) is 0. The second kappa shape index (κ2) is 5.45. The molecule has 0 saturated carbocycles. The molecule has 22 heavy (non-hydrogen) atoms. The number of carbonyl (C=O) groups excluding carboxylic acids is 1. The summed E-state index contributed by atoms with van der Waals surface area (Å²) in [6.07, 6.45) is -3.03. The zero-order valence-electron chi connectivity index (χ0n) is 12.9. The molecule has 1 aromatic carbocycles. The number of aryl methyl sites for hydroxylation is 1. The molecule has 0 amide bonds. The number of benzene rings is 1. The molecule has 1 atom stereocenters. The quantitative estimate of drug-likeness (QED) is 0.600. The minimum Gasteiger partial charge on any atom is -0.456 e. The molecule has 0 N–H and O–H groups in total. The van der Waals surface area contributed by atoms with Gasteiger partial charge in [-0.3, -0.25) is 0 Å². The number of esters is 1. The van der Waals surface area contributed by atoms with Gasteiger partial charge in [-0.25, -0.2) is 4.79 Å². The smallest absolute Gasteiger partial charge is 0.416 e. The number of rotatable bonds is 3. The maximum atomic E-state index is 12.9. The van der Waals surface area contributed by atoms with Crippen molar-refractivity contribution < 1.29 is 22.7 Å². The minimum atomic E-state index is -4.37. The summed E-state index contributed by atoms with van der Waals surface area (Å²) in [6, 6.07) is 3.81. The molecule has 0 aromatic heterocycles. The summed E-state index contributed by atoms with van der Waals surface area (Å²) in [5.74, 6) is -0.779. The van der Waals surface area contributed by atoms with Crippen molar-refractivity contribution in [3.8, 4) is 0 Å². The van der Waals surface area contributed by atoms with Gasteiger partial charge in [-0.15, -0.1) is 0 Å². The second-order valence-electron chi connectivity index (χ2n) is 6.28. The van der Waals surface area contributed by atoms with Crippen LogP contribution in [0.15, 0.2) is 30.4 Å². The number of alkyl halides is 3. The van der Waals surface area contributed by atoms with Gasteiger partial charge in [-0.2, -0.15) is 13.2 Å². The largest absolute Gasteiger partial charge is 0.456 e. The van der Waals surface area contributed by atoms with E-state index >= 15 is 0 Å². The van der Waals surface area contributed by atoms with E-state index in [0.717, 1.165) is 11.6 Å². The SMILES string of the molecule is C=C(C)C(=O)OC(C)(C)C1CCc2ccc(C(F)(F)F)cc21. The van der Waals surface area contributed by atoms with E-state index in [1.54, 1.807) is 20.8 Å². The Labute approximate surface area is 128 Å². The van der Waals surface area contributed by atoms with Crippen molar-refractivity contribution in [2.45, 2.75) is 51.3 Å². The Morgan fingerprint density at radius 1 is 1.32 bits per heavy atom. The third-order valence-electron chi connectivity index (χ3n) is 4.09. The van der Waals surface area contributed by atoms with Gasteiger partial charge in [0.05, 0.1) is 5.56 Å². The zero-order chi connectivity index (χ0) is 16.7. The molecule has 0 heterocycles. The third kappa shape index (κ3) is 3.18. The topological polar surface area (TPSA) is 26.3 Å². The predicted octanol–water partition coefficient (Wildman–Crippen LogP) is 4.63. The maximum Gasteiger partial charge on any atom is 0.416 e. The van der Waals surface area contributed by atoms with Gasteiger partial charge >= 0.3 is 12.1 Å². The van der Waals surface area contributed by atoms with Gasteiger partial charge in [0.25, 0.3) is 0 Å². The Hall–Kier alpha value is -1.78. The van der Waals surface area contributed by atoms with Crippen LogP contribution < -0.4 is 0 Å². The van der Waals surface area contributed by atoms with Crippen LogP contribution in [-0.4, -0.2) is 11.6 Å². The van der Waals surface area contributed by atoms with Crippen LogP contribution in [0.2, 0.25) is 0 Å². The Morgan fingerprint density at radius 3 is 2.50 bits per heavy atom. The van der Waals surface area contributed by atoms with Crippen molar-refractivity contribution in [3.63, 3.8) is 0 Å². The van der Waals surface area contributed by atoms with Crippen LogP contribution in [-0.2, 0) is 22.1 Å². The number of halogens is 3. The lowest BCUT2D eigenvalue weighted by Gasteiger charge is -2.32. The van der Waals surface area contributed by atoms with Crippen LogP contribution in [0.4, 0.5) is 13.2 Å². The highest BCUT2D eigenvalue weighted by Crippen LogP contribution is 2.44. The molecule has 1 aliphatic rings. The second-order valence-corrected chi connectivity index (χ2v) is 6.28. The molecule has 1 aromatic rings. The molecule has 1 aliphatic carbocycles. The Kier molecular flexibility index (Phi) is 4.11. The van der Waals surface area contributed by atoms with E-state index in [2.05, 4.69) is 6.58 Å². The van der Waals surface area contributed by atoms with E-state index in [1.165, 1.54) is 12.1 Å². The van der Waals surface area contributed by atoms with E-state index in [9.17, 15) is 18.0 Å². The Morgan fingerprint density at radius 2 is 1.95 bits per heavy atom. The molecule has 5 heteroatoms. The molecular weight excluding hydrogens is 293 g/mol. The van der Waals surface area contributed by atoms with E-state index < -0.39 is 23.3 Å². The van der Waals surface area contributed by atoms with Crippen molar-refractivity contribution in [3.05, 3.63) is 47.0 Å². The first-order valence-corrected chi connectivity index (χ1v) is 7.11. The highest BCUT2D eigenvalue weighted by atomic mass is 19.4. The summed E-state index contributed by atoms with van der Waals surface area (Å²) in [5.41, 5.74) is 0.230. The van der Waals surface area contributed by atoms with Gasteiger partial charge in [0.2, 0.25) is 0 Å². The molecule has 0 aliphatic heterocycles. The number of fused-ring (bicyclic) bond motifs is 1. The standard InChI is InChI=1S/C17H19F3O2/c1-10(2)15(21)22-16(3,4)14-8-6-11-5-7-12(9-13(11)14)17(18,19)20/h5,7,9,14H,1,6,8H2,2-4H3. The van der Waals surface area contributed by atoms with Gasteiger partial charge in [-0.1, -0.05) is 12.6 Å². The highest BCUT2D eigenvalue weighted by molar-refractivity contribution is 5.87. The summed E-state index contributed by atoms with van der Waals surface area (Å²) < 4.78 is 44.1. The van der Waals surface area contributed by atoms with Gasteiger partial charge in [0.1, 0.15) is 5.60 Å². The van der Waals surface area contributed by atoms with E-state index in [1.807, 2.05) is 0 Å². The normalized spacial score (nSPS) is 18.0. The van der Waals surface area contributed by atoms with E-state index in [-0.39, 0.29) is 11.5 Å². The van der Waals surface area contributed by atoms with Crippen LogP contribution in [0, 0.1) is 0 Å². The molecule has 1 unspecified atom stereocenters. The van der Waals surface area contributed by atoms with Crippen LogP contribution in [0.3, 0.4) is 0 Å². The number of ether oxygens (including phenoxy) is 1. The van der Waals surface area contributed by atoms with E-state index in [4.69, 9.17) is 4.74 Å². The lowest BCUT2D eigenvalue weighted by Crippen LogP contribution is -2.34. The van der Waals surface area contributed by atoms with Crippen molar-refractivity contribution >= 4 is 5.97 Å². The van der Waals surface area contributed by atoms with Crippen LogP contribution in [0.1, 0.15) is 49.8 Å². The Balaban J connectivity index is 2.34. The lowest BCUT2D eigenvalue weighted by molar-refractivity contribution is -0.153. The van der Waals surface area contributed by atoms with Gasteiger partial charge in [-0.05, 0) is 56.9 Å². The molecular formula is C17H19F3O2. The monoisotopic (exact) mass is 312 g/mol.